The molecule has 0 unspecified atom stereocenters. The monoisotopic (exact) mass is 280 g/mol. The van der Waals surface area contributed by atoms with Crippen molar-refractivity contribution in [3.8, 4) is 0 Å². The van der Waals surface area contributed by atoms with E-state index in [-0.39, 0.29) is 5.78 Å². The summed E-state index contributed by atoms with van der Waals surface area (Å²) >= 11 is 12.0. The van der Waals surface area contributed by atoms with Gasteiger partial charge in [-0.05, 0) is 12.1 Å². The molecule has 0 heterocycles. The van der Waals surface area contributed by atoms with Crippen molar-refractivity contribution in [3.63, 3.8) is 0 Å². The molecule has 3 nitrogen and oxygen atoms in total. The van der Waals surface area contributed by atoms with Gasteiger partial charge in [-0.2, -0.15) is 0 Å². The van der Waals surface area contributed by atoms with Crippen molar-refractivity contribution in [2.24, 2.45) is 5.84 Å². The Morgan fingerprint density at radius 3 is 2.33 bits per heavy atom. The van der Waals surface area contributed by atoms with E-state index in [9.17, 15) is 4.79 Å². The summed E-state index contributed by atoms with van der Waals surface area (Å²) in [6.45, 7) is 0. The largest absolute Gasteiger partial charge is 0.323 e. The van der Waals surface area contributed by atoms with E-state index in [2.05, 4.69) is 5.43 Å². The quantitative estimate of drug-likeness (QED) is 0.514. The van der Waals surface area contributed by atoms with Gasteiger partial charge in [0.15, 0.2) is 5.78 Å². The first-order valence-electron chi connectivity index (χ1n) is 5.19. The fourth-order valence-electron chi connectivity index (χ4n) is 1.58. The highest BCUT2D eigenvalue weighted by Crippen LogP contribution is 2.30. The molecule has 3 N–H and O–H groups in total. The minimum absolute atomic E-state index is 0.175. The van der Waals surface area contributed by atoms with Gasteiger partial charge in [0, 0.05) is 11.1 Å². The zero-order chi connectivity index (χ0) is 13.1. The molecule has 0 bridgehead atoms. The molecule has 5 heteroatoms. The van der Waals surface area contributed by atoms with Crippen LogP contribution in [0.3, 0.4) is 0 Å². The van der Waals surface area contributed by atoms with E-state index >= 15 is 0 Å². The Bertz CT molecular complexity index is 585. The van der Waals surface area contributed by atoms with Gasteiger partial charge in [0.05, 0.1) is 15.7 Å². The zero-order valence-corrected chi connectivity index (χ0v) is 10.8. The molecule has 0 saturated heterocycles. The zero-order valence-electron chi connectivity index (χ0n) is 9.28. The molecule has 0 aliphatic rings. The Balaban J connectivity index is 2.46. The number of nitrogens with two attached hydrogens (primary N) is 1. The molecular weight excluding hydrogens is 271 g/mol. The molecule has 0 aliphatic carbocycles. The summed E-state index contributed by atoms with van der Waals surface area (Å²) in [5.41, 5.74) is 3.81. The van der Waals surface area contributed by atoms with Gasteiger partial charge in [0.25, 0.3) is 0 Å². The first-order valence-corrected chi connectivity index (χ1v) is 5.94. The second-order valence-electron chi connectivity index (χ2n) is 3.65. The highest BCUT2D eigenvalue weighted by molar-refractivity contribution is 6.38. The SMILES string of the molecule is NNc1cc(Cl)c(C(=O)c2ccccc2)cc1Cl. The highest BCUT2D eigenvalue weighted by atomic mass is 35.5. The molecule has 0 aromatic heterocycles. The van der Waals surface area contributed by atoms with Gasteiger partial charge in [-0.1, -0.05) is 53.5 Å². The van der Waals surface area contributed by atoms with Crippen LogP contribution in [0.2, 0.25) is 10.0 Å². The molecule has 2 rings (SSSR count). The summed E-state index contributed by atoms with van der Waals surface area (Å²) in [5.74, 6) is 5.10. The third-order valence-electron chi connectivity index (χ3n) is 2.49. The van der Waals surface area contributed by atoms with Gasteiger partial charge < -0.3 is 5.43 Å². The first kappa shape index (κ1) is 12.9. The van der Waals surface area contributed by atoms with Crippen LogP contribution < -0.4 is 11.3 Å². The fraction of sp³-hybridized carbons (Fsp3) is 0. The van der Waals surface area contributed by atoms with E-state index < -0.39 is 0 Å². The minimum Gasteiger partial charge on any atom is -0.323 e. The van der Waals surface area contributed by atoms with Crippen molar-refractivity contribution in [1.82, 2.24) is 0 Å². The van der Waals surface area contributed by atoms with E-state index in [1.807, 2.05) is 6.07 Å². The van der Waals surface area contributed by atoms with E-state index in [1.165, 1.54) is 12.1 Å². The lowest BCUT2D eigenvalue weighted by molar-refractivity contribution is 0.103. The molecule has 0 amide bonds. The Morgan fingerprint density at radius 2 is 1.72 bits per heavy atom. The van der Waals surface area contributed by atoms with E-state index in [0.29, 0.717) is 26.9 Å². The number of benzene rings is 2. The molecular formula is C13H10Cl2N2O. The number of nitrogens with one attached hydrogen (secondary N) is 1. The number of ketones is 1. The van der Waals surface area contributed by atoms with Crippen molar-refractivity contribution in [3.05, 3.63) is 63.6 Å². The molecule has 92 valence electrons. The van der Waals surface area contributed by atoms with Gasteiger partial charge >= 0.3 is 0 Å². The molecule has 2 aromatic rings. The summed E-state index contributed by atoms with van der Waals surface area (Å²) in [5, 5.41) is 0.655. The standard InChI is InChI=1S/C13H10Cl2N2O/c14-10-7-12(17-16)11(15)6-9(10)13(18)8-4-2-1-3-5-8/h1-7,17H,16H2. The predicted octanol–water partition coefficient (Wildman–Crippen LogP) is 3.51. The van der Waals surface area contributed by atoms with Crippen LogP contribution in [0.5, 0.6) is 0 Å². The molecule has 2 aromatic carbocycles. The van der Waals surface area contributed by atoms with Gasteiger partial charge in [-0.15, -0.1) is 0 Å². The summed E-state index contributed by atoms with van der Waals surface area (Å²) in [6.07, 6.45) is 0. The van der Waals surface area contributed by atoms with Gasteiger partial charge in [0.1, 0.15) is 0 Å². The summed E-state index contributed by atoms with van der Waals surface area (Å²) in [4.78, 5) is 12.2. The maximum absolute atomic E-state index is 12.2. The van der Waals surface area contributed by atoms with Crippen LogP contribution in [-0.4, -0.2) is 5.78 Å². The van der Waals surface area contributed by atoms with Crippen LogP contribution in [0.1, 0.15) is 15.9 Å². The second-order valence-corrected chi connectivity index (χ2v) is 4.47. The van der Waals surface area contributed by atoms with Crippen LogP contribution in [0.15, 0.2) is 42.5 Å². The first-order chi connectivity index (χ1) is 8.63. The van der Waals surface area contributed by atoms with Crippen LogP contribution in [-0.2, 0) is 0 Å². The van der Waals surface area contributed by atoms with Gasteiger partial charge in [0.2, 0.25) is 0 Å². The maximum Gasteiger partial charge on any atom is 0.194 e. The number of carbonyl (C=O) groups is 1. The topological polar surface area (TPSA) is 55.1 Å². The van der Waals surface area contributed by atoms with Crippen molar-refractivity contribution in [2.75, 3.05) is 5.43 Å². The predicted molar refractivity (Wildman–Crippen MR) is 74.1 cm³/mol. The lowest BCUT2D eigenvalue weighted by Crippen LogP contribution is -2.09. The fourth-order valence-corrected chi connectivity index (χ4v) is 2.04. The minimum atomic E-state index is -0.175. The van der Waals surface area contributed by atoms with Crippen LogP contribution in [0.4, 0.5) is 5.69 Å². The lowest BCUT2D eigenvalue weighted by Gasteiger charge is -2.08. The summed E-state index contributed by atoms with van der Waals surface area (Å²) in [7, 11) is 0. The number of nitrogen functional groups attached to an aromatic ring is 1. The molecule has 0 radical (unpaired) electrons. The molecule has 0 atom stereocenters. The summed E-state index contributed by atoms with van der Waals surface area (Å²) in [6, 6.07) is 11.9. The number of hydrazine groups is 1. The van der Waals surface area contributed by atoms with E-state index in [1.54, 1.807) is 24.3 Å². The molecule has 0 spiro atoms. The Kier molecular flexibility index (Phi) is 3.87. The smallest absolute Gasteiger partial charge is 0.194 e. The average molecular weight is 281 g/mol. The molecule has 18 heavy (non-hydrogen) atoms. The lowest BCUT2D eigenvalue weighted by atomic mass is 10.0. The highest BCUT2D eigenvalue weighted by Gasteiger charge is 2.15. The van der Waals surface area contributed by atoms with Gasteiger partial charge in [-0.3, -0.25) is 10.6 Å². The Hall–Kier alpha value is -1.55. The number of rotatable bonds is 3. The third-order valence-corrected chi connectivity index (χ3v) is 3.12. The summed E-state index contributed by atoms with van der Waals surface area (Å²) < 4.78 is 0. The average Bonchev–Trinajstić information content (AvgIpc) is 2.41. The molecule has 0 fully saturated rings. The molecule has 0 aliphatic heterocycles. The molecule has 0 saturated carbocycles. The Morgan fingerprint density at radius 1 is 1.06 bits per heavy atom. The number of anilines is 1. The maximum atomic E-state index is 12.2. The third kappa shape index (κ3) is 2.48. The van der Waals surface area contributed by atoms with Crippen molar-refractivity contribution >= 4 is 34.7 Å². The number of halogens is 2. The Labute approximate surface area is 114 Å². The van der Waals surface area contributed by atoms with Crippen molar-refractivity contribution in [1.29, 1.82) is 0 Å². The second kappa shape index (κ2) is 5.40. The van der Waals surface area contributed by atoms with E-state index in [0.717, 1.165) is 0 Å². The number of hydrogen-bond donors (Lipinski definition) is 2. The van der Waals surface area contributed by atoms with E-state index in [4.69, 9.17) is 29.0 Å². The normalized spacial score (nSPS) is 10.2. The van der Waals surface area contributed by atoms with Gasteiger partial charge in [-0.25, -0.2) is 0 Å². The van der Waals surface area contributed by atoms with Crippen LogP contribution in [0, 0.1) is 0 Å². The van der Waals surface area contributed by atoms with Crippen LogP contribution in [0.25, 0.3) is 0 Å². The van der Waals surface area contributed by atoms with Crippen molar-refractivity contribution < 1.29 is 4.79 Å². The van der Waals surface area contributed by atoms with Crippen molar-refractivity contribution in [2.45, 2.75) is 0 Å². The number of carbonyl (C=O) groups excluding carboxylic acids is 1. The number of hydrogen-bond acceptors (Lipinski definition) is 3. The van der Waals surface area contributed by atoms with Crippen LogP contribution >= 0.6 is 23.2 Å².